The van der Waals surface area contributed by atoms with E-state index in [0.29, 0.717) is 18.4 Å². The van der Waals surface area contributed by atoms with Gasteiger partial charge in [-0.1, -0.05) is 6.58 Å². The first-order valence-corrected chi connectivity index (χ1v) is 6.53. The molecule has 4 rings (SSSR count). The predicted molar refractivity (Wildman–Crippen MR) is 63.3 cm³/mol. The van der Waals surface area contributed by atoms with Crippen LogP contribution in [0.3, 0.4) is 0 Å². The van der Waals surface area contributed by atoms with Crippen molar-refractivity contribution in [3.05, 3.63) is 12.8 Å². The van der Waals surface area contributed by atoms with Crippen LogP contribution in [0.4, 0.5) is 0 Å². The molecule has 0 radical (unpaired) electrons. The highest BCUT2D eigenvalue weighted by Gasteiger charge is 2.60. The van der Waals surface area contributed by atoms with Crippen LogP contribution >= 0.6 is 0 Å². The Balaban J connectivity index is 1.89. The van der Waals surface area contributed by atoms with Gasteiger partial charge in [0.2, 0.25) is 0 Å². The summed E-state index contributed by atoms with van der Waals surface area (Å²) in [5.41, 5.74) is -0.314. The average molecular weight is 236 g/mol. The minimum Gasteiger partial charge on any atom is -0.501 e. The number of aliphatic carboxylic acids is 1. The van der Waals surface area contributed by atoms with Crippen LogP contribution in [0.15, 0.2) is 12.8 Å². The van der Waals surface area contributed by atoms with Gasteiger partial charge in [-0.3, -0.25) is 4.79 Å². The second kappa shape index (κ2) is 3.50. The molecule has 94 valence electrons. The van der Waals surface area contributed by atoms with Crippen LogP contribution in [0.1, 0.15) is 38.5 Å². The number of ether oxygens (including phenoxy) is 1. The highest BCUT2D eigenvalue weighted by atomic mass is 16.5. The second-order valence-corrected chi connectivity index (χ2v) is 6.52. The van der Waals surface area contributed by atoms with Crippen molar-refractivity contribution in [3.63, 3.8) is 0 Å². The van der Waals surface area contributed by atoms with Crippen LogP contribution < -0.4 is 0 Å². The third-order valence-corrected chi connectivity index (χ3v) is 5.14. The molecule has 0 spiro atoms. The molecule has 0 saturated heterocycles. The Morgan fingerprint density at radius 2 is 2.00 bits per heavy atom. The van der Waals surface area contributed by atoms with Crippen LogP contribution in [-0.4, -0.2) is 17.7 Å². The van der Waals surface area contributed by atoms with Crippen molar-refractivity contribution in [3.8, 4) is 0 Å². The van der Waals surface area contributed by atoms with Gasteiger partial charge in [0, 0.05) is 5.41 Å². The van der Waals surface area contributed by atoms with Crippen molar-refractivity contribution in [2.75, 3.05) is 6.61 Å². The minimum atomic E-state index is -0.574. The van der Waals surface area contributed by atoms with E-state index in [-0.39, 0.29) is 5.41 Å². The highest BCUT2D eigenvalue weighted by Crippen LogP contribution is 2.65. The van der Waals surface area contributed by atoms with Gasteiger partial charge < -0.3 is 9.84 Å². The average Bonchev–Trinajstić information content (AvgIpc) is 2.24. The Labute approximate surface area is 102 Å². The van der Waals surface area contributed by atoms with Gasteiger partial charge in [-0.2, -0.15) is 0 Å². The quantitative estimate of drug-likeness (QED) is 0.763. The standard InChI is InChI=1S/C14H20O3/c1-2-17-9-13-4-10-3-11(5-13)7-14(6-10,8-13)12(15)16/h2,10-11H,1,3-9H2,(H,15,16). The first-order chi connectivity index (χ1) is 8.07. The van der Waals surface area contributed by atoms with Gasteiger partial charge in [0.05, 0.1) is 18.3 Å². The lowest BCUT2D eigenvalue weighted by atomic mass is 9.44. The first kappa shape index (κ1) is 11.1. The molecular formula is C14H20O3. The van der Waals surface area contributed by atoms with Crippen molar-refractivity contribution in [2.24, 2.45) is 22.7 Å². The summed E-state index contributed by atoms with van der Waals surface area (Å²) in [6, 6.07) is 0. The zero-order valence-corrected chi connectivity index (χ0v) is 10.2. The van der Waals surface area contributed by atoms with Gasteiger partial charge in [-0.15, -0.1) is 0 Å². The zero-order chi connectivity index (χ0) is 12.1. The first-order valence-electron chi connectivity index (χ1n) is 6.53. The van der Waals surface area contributed by atoms with Crippen molar-refractivity contribution < 1.29 is 14.6 Å². The molecule has 0 aliphatic heterocycles. The molecule has 3 nitrogen and oxygen atoms in total. The summed E-state index contributed by atoms with van der Waals surface area (Å²) in [5.74, 6) is 0.649. The topological polar surface area (TPSA) is 46.5 Å². The molecule has 0 aromatic rings. The van der Waals surface area contributed by atoms with Crippen LogP contribution in [0.25, 0.3) is 0 Å². The van der Waals surface area contributed by atoms with E-state index in [1.54, 1.807) is 0 Å². The Kier molecular flexibility index (Phi) is 2.29. The largest absolute Gasteiger partial charge is 0.501 e. The van der Waals surface area contributed by atoms with Gasteiger partial charge in [0.1, 0.15) is 0 Å². The van der Waals surface area contributed by atoms with E-state index in [9.17, 15) is 9.90 Å². The summed E-state index contributed by atoms with van der Waals surface area (Å²) >= 11 is 0. The molecule has 0 heterocycles. The summed E-state index contributed by atoms with van der Waals surface area (Å²) in [6.45, 7) is 4.26. The van der Waals surface area contributed by atoms with Crippen LogP contribution in [0, 0.1) is 22.7 Å². The Morgan fingerprint density at radius 3 is 2.53 bits per heavy atom. The maximum atomic E-state index is 11.6. The summed E-state index contributed by atoms with van der Waals surface area (Å²) in [5, 5.41) is 9.56. The van der Waals surface area contributed by atoms with Crippen molar-refractivity contribution in [1.29, 1.82) is 0 Å². The number of rotatable bonds is 4. The van der Waals surface area contributed by atoms with E-state index in [4.69, 9.17) is 4.74 Å². The molecule has 4 bridgehead atoms. The molecule has 4 saturated carbocycles. The fourth-order valence-electron chi connectivity index (χ4n) is 5.11. The normalized spacial score (nSPS) is 46.8. The number of carbonyl (C=O) groups is 1. The molecule has 4 aliphatic carbocycles. The third kappa shape index (κ3) is 1.59. The molecule has 2 unspecified atom stereocenters. The van der Waals surface area contributed by atoms with Crippen molar-refractivity contribution >= 4 is 5.97 Å². The number of carboxylic acids is 1. The smallest absolute Gasteiger partial charge is 0.309 e. The number of hydrogen-bond donors (Lipinski definition) is 1. The van der Waals surface area contributed by atoms with Gasteiger partial charge in [0.15, 0.2) is 0 Å². The molecule has 4 fully saturated rings. The monoisotopic (exact) mass is 236 g/mol. The van der Waals surface area contributed by atoms with E-state index >= 15 is 0 Å². The summed E-state index contributed by atoms with van der Waals surface area (Å²) in [4.78, 5) is 11.6. The van der Waals surface area contributed by atoms with Crippen molar-refractivity contribution in [2.45, 2.75) is 38.5 Å². The molecule has 4 aliphatic rings. The van der Waals surface area contributed by atoms with E-state index in [1.165, 1.54) is 12.7 Å². The second-order valence-electron chi connectivity index (χ2n) is 6.52. The van der Waals surface area contributed by atoms with Gasteiger partial charge in [-0.25, -0.2) is 0 Å². The van der Waals surface area contributed by atoms with Crippen LogP contribution in [0.2, 0.25) is 0 Å². The highest BCUT2D eigenvalue weighted by molar-refractivity contribution is 5.75. The summed E-state index contributed by atoms with van der Waals surface area (Å²) in [7, 11) is 0. The van der Waals surface area contributed by atoms with Gasteiger partial charge in [-0.05, 0) is 50.4 Å². The van der Waals surface area contributed by atoms with Gasteiger partial charge in [0.25, 0.3) is 0 Å². The maximum Gasteiger partial charge on any atom is 0.309 e. The summed E-state index contributed by atoms with van der Waals surface area (Å²) in [6.07, 6.45) is 7.66. The lowest BCUT2D eigenvalue weighted by molar-refractivity contribution is -0.179. The molecule has 0 aromatic carbocycles. The fraction of sp³-hybridized carbons (Fsp3) is 0.786. The van der Waals surface area contributed by atoms with E-state index in [1.807, 2.05) is 0 Å². The molecule has 1 N–H and O–H groups in total. The molecule has 0 amide bonds. The Hall–Kier alpha value is -0.990. The lowest BCUT2D eigenvalue weighted by Crippen LogP contribution is -2.56. The van der Waals surface area contributed by atoms with E-state index in [2.05, 4.69) is 6.58 Å². The summed E-state index contributed by atoms with van der Waals surface area (Å²) < 4.78 is 5.41. The van der Waals surface area contributed by atoms with Crippen LogP contribution in [0.5, 0.6) is 0 Å². The van der Waals surface area contributed by atoms with Gasteiger partial charge >= 0.3 is 5.97 Å². The zero-order valence-electron chi connectivity index (χ0n) is 10.2. The Morgan fingerprint density at radius 1 is 1.35 bits per heavy atom. The minimum absolute atomic E-state index is 0.122. The SMILES string of the molecule is C=COCC12CC3CC(C1)CC(C(=O)O)(C3)C2. The Bertz CT molecular complexity index is 346. The van der Waals surface area contributed by atoms with Crippen LogP contribution in [-0.2, 0) is 9.53 Å². The van der Waals surface area contributed by atoms with Crippen molar-refractivity contribution in [1.82, 2.24) is 0 Å². The molecule has 2 atom stereocenters. The van der Waals surface area contributed by atoms with E-state index in [0.717, 1.165) is 32.1 Å². The maximum absolute atomic E-state index is 11.6. The van der Waals surface area contributed by atoms with E-state index < -0.39 is 11.4 Å². The molecular weight excluding hydrogens is 216 g/mol. The fourth-order valence-corrected chi connectivity index (χ4v) is 5.11. The molecule has 0 aromatic heterocycles. The third-order valence-electron chi connectivity index (χ3n) is 5.14. The molecule has 17 heavy (non-hydrogen) atoms. The lowest BCUT2D eigenvalue weighted by Gasteiger charge is -2.60. The number of hydrogen-bond acceptors (Lipinski definition) is 2. The predicted octanol–water partition coefficient (Wildman–Crippen LogP) is 2.82. The molecule has 3 heteroatoms. The number of carboxylic acid groups (broad SMARTS) is 1.